The second-order valence-electron chi connectivity index (χ2n) is 5.58. The molecule has 1 N–H and O–H groups in total. The third-order valence-electron chi connectivity index (χ3n) is 3.96. The zero-order chi connectivity index (χ0) is 13.0. The number of ether oxygens (including phenoxy) is 1. The minimum Gasteiger partial charge on any atom is -0.381 e. The van der Waals surface area contributed by atoms with Crippen molar-refractivity contribution in [3.63, 3.8) is 0 Å². The number of nitrogens with one attached hydrogen (secondary N) is 1. The van der Waals surface area contributed by atoms with Crippen molar-refractivity contribution in [3.05, 3.63) is 34.4 Å². The summed E-state index contributed by atoms with van der Waals surface area (Å²) in [6.07, 6.45) is 2.52. The standard InChI is InChI=1S/C16H25NO/c1-12-7-14(3)16(8-13(12)2)10-17-9-15-5-4-6-18-11-15/h7-8,15,17H,4-6,9-11H2,1-3H3. The number of rotatable bonds is 4. The molecule has 100 valence electrons. The molecule has 1 heterocycles. The van der Waals surface area contributed by atoms with Crippen molar-refractivity contribution < 1.29 is 4.74 Å². The van der Waals surface area contributed by atoms with Crippen LogP contribution in [0.1, 0.15) is 35.1 Å². The van der Waals surface area contributed by atoms with Crippen molar-refractivity contribution in [3.8, 4) is 0 Å². The van der Waals surface area contributed by atoms with Gasteiger partial charge in [0.1, 0.15) is 0 Å². The predicted molar refractivity (Wildman–Crippen MR) is 75.9 cm³/mol. The summed E-state index contributed by atoms with van der Waals surface area (Å²) < 4.78 is 5.50. The van der Waals surface area contributed by atoms with Crippen LogP contribution < -0.4 is 5.32 Å². The molecule has 2 nitrogen and oxygen atoms in total. The molecular weight excluding hydrogens is 222 g/mol. The van der Waals surface area contributed by atoms with E-state index in [0.29, 0.717) is 5.92 Å². The van der Waals surface area contributed by atoms with E-state index >= 15 is 0 Å². The van der Waals surface area contributed by atoms with Gasteiger partial charge in [0.2, 0.25) is 0 Å². The maximum atomic E-state index is 5.50. The lowest BCUT2D eigenvalue weighted by molar-refractivity contribution is 0.0547. The van der Waals surface area contributed by atoms with Gasteiger partial charge in [0.25, 0.3) is 0 Å². The van der Waals surface area contributed by atoms with Crippen LogP contribution in [0.15, 0.2) is 12.1 Å². The van der Waals surface area contributed by atoms with Crippen LogP contribution in [-0.2, 0) is 11.3 Å². The van der Waals surface area contributed by atoms with Crippen molar-refractivity contribution in [2.45, 2.75) is 40.2 Å². The Morgan fingerprint density at radius 2 is 1.94 bits per heavy atom. The van der Waals surface area contributed by atoms with Crippen molar-refractivity contribution in [2.24, 2.45) is 5.92 Å². The topological polar surface area (TPSA) is 21.3 Å². The van der Waals surface area contributed by atoms with Crippen LogP contribution in [0.5, 0.6) is 0 Å². The number of hydrogen-bond donors (Lipinski definition) is 1. The molecule has 0 radical (unpaired) electrons. The fourth-order valence-electron chi connectivity index (χ4n) is 2.59. The van der Waals surface area contributed by atoms with Gasteiger partial charge in [-0.2, -0.15) is 0 Å². The Labute approximate surface area is 111 Å². The van der Waals surface area contributed by atoms with E-state index in [0.717, 1.165) is 26.3 Å². The van der Waals surface area contributed by atoms with E-state index in [1.807, 2.05) is 0 Å². The van der Waals surface area contributed by atoms with E-state index in [1.54, 1.807) is 0 Å². The predicted octanol–water partition coefficient (Wildman–Crippen LogP) is 3.13. The lowest BCUT2D eigenvalue weighted by Crippen LogP contribution is -2.29. The van der Waals surface area contributed by atoms with Crippen molar-refractivity contribution >= 4 is 0 Å². The van der Waals surface area contributed by atoms with Crippen LogP contribution in [0.3, 0.4) is 0 Å². The summed E-state index contributed by atoms with van der Waals surface area (Å²) in [7, 11) is 0. The molecule has 1 aliphatic rings. The second-order valence-corrected chi connectivity index (χ2v) is 5.58. The average molecular weight is 247 g/mol. The minimum absolute atomic E-state index is 0.700. The summed E-state index contributed by atoms with van der Waals surface area (Å²) >= 11 is 0. The zero-order valence-electron chi connectivity index (χ0n) is 11.9. The lowest BCUT2D eigenvalue weighted by Gasteiger charge is -2.22. The molecule has 1 aromatic rings. The van der Waals surface area contributed by atoms with E-state index in [2.05, 4.69) is 38.2 Å². The Bertz CT molecular complexity index is 394. The molecule has 1 unspecified atom stereocenters. The van der Waals surface area contributed by atoms with Crippen LogP contribution in [-0.4, -0.2) is 19.8 Å². The number of aryl methyl sites for hydroxylation is 3. The molecule has 2 rings (SSSR count). The molecule has 0 bridgehead atoms. The van der Waals surface area contributed by atoms with Gasteiger partial charge >= 0.3 is 0 Å². The fraction of sp³-hybridized carbons (Fsp3) is 0.625. The van der Waals surface area contributed by atoms with Crippen LogP contribution >= 0.6 is 0 Å². The first kappa shape index (κ1) is 13.6. The Kier molecular flexibility index (Phi) is 4.79. The van der Waals surface area contributed by atoms with E-state index in [1.165, 1.54) is 35.1 Å². The molecule has 0 saturated carbocycles. The molecule has 0 spiro atoms. The van der Waals surface area contributed by atoms with Gasteiger partial charge in [0, 0.05) is 19.7 Å². The van der Waals surface area contributed by atoms with Crippen molar-refractivity contribution in [1.29, 1.82) is 0 Å². The van der Waals surface area contributed by atoms with Crippen LogP contribution in [0, 0.1) is 26.7 Å². The summed E-state index contributed by atoms with van der Waals surface area (Å²) in [5.74, 6) is 0.700. The highest BCUT2D eigenvalue weighted by atomic mass is 16.5. The molecule has 1 fully saturated rings. The quantitative estimate of drug-likeness (QED) is 0.882. The molecule has 1 aromatic carbocycles. The van der Waals surface area contributed by atoms with Crippen molar-refractivity contribution in [1.82, 2.24) is 5.32 Å². The van der Waals surface area contributed by atoms with Gasteiger partial charge in [-0.3, -0.25) is 0 Å². The Hall–Kier alpha value is -0.860. The fourth-order valence-corrected chi connectivity index (χ4v) is 2.59. The molecule has 0 amide bonds. The zero-order valence-corrected chi connectivity index (χ0v) is 11.9. The Balaban J connectivity index is 1.84. The van der Waals surface area contributed by atoms with E-state index < -0.39 is 0 Å². The van der Waals surface area contributed by atoms with Gasteiger partial charge in [0.15, 0.2) is 0 Å². The van der Waals surface area contributed by atoms with Crippen molar-refractivity contribution in [2.75, 3.05) is 19.8 Å². The highest BCUT2D eigenvalue weighted by Gasteiger charge is 2.13. The first-order valence-electron chi connectivity index (χ1n) is 7.02. The molecular formula is C16H25NO. The van der Waals surface area contributed by atoms with Gasteiger partial charge in [-0.15, -0.1) is 0 Å². The molecule has 2 heteroatoms. The average Bonchev–Trinajstić information content (AvgIpc) is 2.37. The normalized spacial score (nSPS) is 20.1. The molecule has 0 aliphatic carbocycles. The Morgan fingerprint density at radius 1 is 1.17 bits per heavy atom. The van der Waals surface area contributed by atoms with Gasteiger partial charge < -0.3 is 10.1 Å². The van der Waals surface area contributed by atoms with Gasteiger partial charge in [0.05, 0.1) is 6.61 Å². The maximum Gasteiger partial charge on any atom is 0.0506 e. The van der Waals surface area contributed by atoms with E-state index in [-0.39, 0.29) is 0 Å². The molecule has 1 atom stereocenters. The first-order valence-corrected chi connectivity index (χ1v) is 7.02. The second kappa shape index (κ2) is 6.35. The largest absolute Gasteiger partial charge is 0.381 e. The van der Waals surface area contributed by atoms with Gasteiger partial charge in [-0.05, 0) is 61.8 Å². The number of benzene rings is 1. The van der Waals surface area contributed by atoms with E-state index in [9.17, 15) is 0 Å². The van der Waals surface area contributed by atoms with Gasteiger partial charge in [-0.25, -0.2) is 0 Å². The summed E-state index contributed by atoms with van der Waals surface area (Å²) in [5, 5.41) is 3.58. The lowest BCUT2D eigenvalue weighted by atomic mass is 10.00. The molecule has 1 aliphatic heterocycles. The molecule has 0 aromatic heterocycles. The molecule has 1 saturated heterocycles. The smallest absolute Gasteiger partial charge is 0.0506 e. The first-order chi connectivity index (χ1) is 8.66. The highest BCUT2D eigenvalue weighted by Crippen LogP contribution is 2.16. The SMILES string of the molecule is Cc1cc(C)c(CNCC2CCCOC2)cc1C. The summed E-state index contributed by atoms with van der Waals surface area (Å²) in [6, 6.07) is 4.60. The Morgan fingerprint density at radius 3 is 2.67 bits per heavy atom. The summed E-state index contributed by atoms with van der Waals surface area (Å²) in [4.78, 5) is 0. The van der Waals surface area contributed by atoms with Crippen LogP contribution in [0.25, 0.3) is 0 Å². The summed E-state index contributed by atoms with van der Waals surface area (Å²) in [5.41, 5.74) is 5.59. The molecule has 18 heavy (non-hydrogen) atoms. The monoisotopic (exact) mass is 247 g/mol. The van der Waals surface area contributed by atoms with Crippen LogP contribution in [0.2, 0.25) is 0 Å². The third-order valence-corrected chi connectivity index (χ3v) is 3.96. The highest BCUT2D eigenvalue weighted by molar-refractivity contribution is 5.36. The van der Waals surface area contributed by atoms with Crippen LogP contribution in [0.4, 0.5) is 0 Å². The number of hydrogen-bond acceptors (Lipinski definition) is 2. The van der Waals surface area contributed by atoms with Gasteiger partial charge in [-0.1, -0.05) is 12.1 Å². The third kappa shape index (κ3) is 3.56. The maximum absolute atomic E-state index is 5.50. The summed E-state index contributed by atoms with van der Waals surface area (Å²) in [6.45, 7) is 10.5. The van der Waals surface area contributed by atoms with E-state index in [4.69, 9.17) is 4.74 Å². The minimum atomic E-state index is 0.700.